The van der Waals surface area contributed by atoms with E-state index in [1.54, 1.807) is 7.11 Å². The van der Waals surface area contributed by atoms with Gasteiger partial charge in [-0.15, -0.1) is 0 Å². The van der Waals surface area contributed by atoms with Gasteiger partial charge in [0.05, 0.1) is 5.54 Å². The minimum absolute atomic E-state index is 0.147. The van der Waals surface area contributed by atoms with Crippen molar-refractivity contribution in [1.82, 2.24) is 14.4 Å². The molecule has 2 saturated heterocycles. The fourth-order valence-electron chi connectivity index (χ4n) is 4.56. The second-order valence-corrected chi connectivity index (χ2v) is 8.62. The first kappa shape index (κ1) is 24.1. The van der Waals surface area contributed by atoms with E-state index in [1.165, 1.54) is 6.42 Å². The number of carbonyl (C=O) groups is 2. The molecule has 1 atom stereocenters. The molecular weight excluding hydrogens is 427 g/mol. The number of nitrogens with zero attached hydrogens (tertiary/aromatic N) is 3. The standard InChI is InChI=1S/C20H27N3O2.C2HF3O2/c1-21-8-7-16-10-17(4-5-18(16)21)19(24)23-13-20(14-23)11-15(12-25-3)6-9-22(20)2;3-2(4,5)1(6)7/h4-5,7-8,10,15H,6,9,11-14H2,1-3H3;(H,6,7). The SMILES string of the molecule is COCC1CCN(C)C2(C1)CN(C(=O)c1ccc3c(ccn3C)c1)C2.O=C(O)C(F)(F)F. The average Bonchev–Trinajstić information content (AvgIpc) is 3.07. The highest BCUT2D eigenvalue weighted by Crippen LogP contribution is 2.39. The number of carbonyl (C=O) groups excluding carboxylic acids is 1. The normalized spacial score (nSPS) is 20.6. The molecule has 1 unspecified atom stereocenters. The number of amides is 1. The van der Waals surface area contributed by atoms with E-state index in [0.29, 0.717) is 5.92 Å². The lowest BCUT2D eigenvalue weighted by molar-refractivity contribution is -0.192. The number of aromatic nitrogens is 1. The van der Waals surface area contributed by atoms with Crippen LogP contribution in [0.1, 0.15) is 23.2 Å². The van der Waals surface area contributed by atoms with Gasteiger partial charge in [0.25, 0.3) is 5.91 Å². The van der Waals surface area contributed by atoms with Crippen LogP contribution in [0, 0.1) is 5.92 Å². The van der Waals surface area contributed by atoms with Gasteiger partial charge >= 0.3 is 12.1 Å². The fraction of sp³-hybridized carbons (Fsp3) is 0.545. The van der Waals surface area contributed by atoms with Crippen molar-refractivity contribution in [2.24, 2.45) is 13.0 Å². The number of alkyl halides is 3. The number of carboxylic acids is 1. The van der Waals surface area contributed by atoms with Gasteiger partial charge in [-0.3, -0.25) is 9.69 Å². The second kappa shape index (κ2) is 9.11. The summed E-state index contributed by atoms with van der Waals surface area (Å²) < 4.78 is 39.2. The van der Waals surface area contributed by atoms with Gasteiger partial charge in [0.1, 0.15) is 0 Å². The number of ether oxygens (including phenoxy) is 1. The molecule has 176 valence electrons. The van der Waals surface area contributed by atoms with Gasteiger partial charge in [0.15, 0.2) is 0 Å². The molecule has 10 heteroatoms. The summed E-state index contributed by atoms with van der Waals surface area (Å²) in [5, 5.41) is 8.25. The number of likely N-dealkylation sites (N-methyl/N-ethyl adjacent to an activating group) is 1. The van der Waals surface area contributed by atoms with Crippen molar-refractivity contribution >= 4 is 22.8 Å². The molecule has 1 spiro atoms. The number of carboxylic acid groups (broad SMARTS) is 1. The topological polar surface area (TPSA) is 75.0 Å². The van der Waals surface area contributed by atoms with Crippen molar-refractivity contribution < 1.29 is 32.6 Å². The number of rotatable bonds is 3. The quantitative estimate of drug-likeness (QED) is 0.770. The van der Waals surface area contributed by atoms with Gasteiger partial charge in [0, 0.05) is 56.5 Å². The maximum absolute atomic E-state index is 12.9. The van der Waals surface area contributed by atoms with Crippen molar-refractivity contribution in [2.45, 2.75) is 24.6 Å². The summed E-state index contributed by atoms with van der Waals surface area (Å²) in [5.41, 5.74) is 2.10. The summed E-state index contributed by atoms with van der Waals surface area (Å²) in [6, 6.07) is 8.07. The van der Waals surface area contributed by atoms with E-state index in [2.05, 4.69) is 22.6 Å². The number of hydrogen-bond donors (Lipinski definition) is 1. The van der Waals surface area contributed by atoms with Crippen molar-refractivity contribution in [2.75, 3.05) is 40.4 Å². The third-order valence-electron chi connectivity index (χ3n) is 6.39. The predicted octanol–water partition coefficient (Wildman–Crippen LogP) is 2.99. The van der Waals surface area contributed by atoms with Gasteiger partial charge in [0.2, 0.25) is 0 Å². The predicted molar refractivity (Wildman–Crippen MR) is 112 cm³/mol. The monoisotopic (exact) mass is 455 g/mol. The molecule has 7 nitrogen and oxygen atoms in total. The lowest BCUT2D eigenvalue weighted by Crippen LogP contribution is -2.72. The van der Waals surface area contributed by atoms with Crippen LogP contribution in [0.15, 0.2) is 30.5 Å². The third kappa shape index (κ3) is 4.91. The number of piperidine rings is 1. The molecule has 0 saturated carbocycles. The second-order valence-electron chi connectivity index (χ2n) is 8.62. The van der Waals surface area contributed by atoms with E-state index in [-0.39, 0.29) is 11.4 Å². The number of likely N-dealkylation sites (tertiary alicyclic amines) is 2. The molecule has 1 aromatic heterocycles. The van der Waals surface area contributed by atoms with Crippen LogP contribution >= 0.6 is 0 Å². The Kier molecular flexibility index (Phi) is 6.85. The van der Waals surface area contributed by atoms with Gasteiger partial charge in [-0.05, 0) is 56.6 Å². The number of fused-ring (bicyclic) bond motifs is 1. The Bertz CT molecular complexity index is 982. The summed E-state index contributed by atoms with van der Waals surface area (Å²) in [6.45, 7) is 3.57. The Morgan fingerprint density at radius 3 is 2.47 bits per heavy atom. The zero-order valence-corrected chi connectivity index (χ0v) is 18.4. The van der Waals surface area contributed by atoms with Gasteiger partial charge in [-0.1, -0.05) is 0 Å². The molecule has 1 aromatic carbocycles. The van der Waals surface area contributed by atoms with Crippen LogP contribution in [-0.4, -0.2) is 83.5 Å². The number of hydrogen-bond acceptors (Lipinski definition) is 4. The molecule has 0 bridgehead atoms. The molecule has 3 heterocycles. The lowest BCUT2D eigenvalue weighted by atomic mass is 9.75. The number of benzene rings is 1. The molecule has 32 heavy (non-hydrogen) atoms. The third-order valence-corrected chi connectivity index (χ3v) is 6.39. The van der Waals surface area contributed by atoms with Crippen molar-refractivity contribution in [1.29, 1.82) is 0 Å². The molecule has 4 rings (SSSR count). The first-order valence-electron chi connectivity index (χ1n) is 10.3. The minimum Gasteiger partial charge on any atom is -0.475 e. The minimum atomic E-state index is -5.08. The maximum Gasteiger partial charge on any atom is 0.490 e. The van der Waals surface area contributed by atoms with E-state index >= 15 is 0 Å². The van der Waals surface area contributed by atoms with E-state index in [1.807, 2.05) is 36.3 Å². The van der Waals surface area contributed by atoms with Crippen LogP contribution in [0.2, 0.25) is 0 Å². The maximum atomic E-state index is 12.9. The molecule has 1 amide bonds. The molecule has 0 aliphatic carbocycles. The van der Waals surface area contributed by atoms with Crippen LogP contribution in [0.4, 0.5) is 13.2 Å². The average molecular weight is 455 g/mol. The fourth-order valence-corrected chi connectivity index (χ4v) is 4.56. The first-order valence-corrected chi connectivity index (χ1v) is 10.3. The highest BCUT2D eigenvalue weighted by atomic mass is 19.4. The smallest absolute Gasteiger partial charge is 0.475 e. The molecule has 2 aliphatic rings. The van der Waals surface area contributed by atoms with E-state index in [9.17, 15) is 18.0 Å². The van der Waals surface area contributed by atoms with Crippen LogP contribution in [-0.2, 0) is 16.6 Å². The van der Waals surface area contributed by atoms with Crippen LogP contribution in [0.25, 0.3) is 10.9 Å². The summed E-state index contributed by atoms with van der Waals surface area (Å²) in [4.78, 5) is 26.2. The van der Waals surface area contributed by atoms with E-state index < -0.39 is 12.1 Å². The van der Waals surface area contributed by atoms with Crippen molar-refractivity contribution in [3.8, 4) is 0 Å². The zero-order chi connectivity index (χ0) is 23.7. The number of aryl methyl sites for hydroxylation is 1. The van der Waals surface area contributed by atoms with Gasteiger partial charge < -0.3 is 19.3 Å². The molecule has 1 N–H and O–H groups in total. The van der Waals surface area contributed by atoms with Crippen molar-refractivity contribution in [3.05, 3.63) is 36.0 Å². The van der Waals surface area contributed by atoms with E-state index in [4.69, 9.17) is 14.6 Å². The van der Waals surface area contributed by atoms with Crippen LogP contribution < -0.4 is 0 Å². The van der Waals surface area contributed by atoms with Crippen molar-refractivity contribution in [3.63, 3.8) is 0 Å². The molecule has 0 radical (unpaired) electrons. The molecule has 2 fully saturated rings. The number of aliphatic carboxylic acids is 1. The summed E-state index contributed by atoms with van der Waals surface area (Å²) in [6.07, 6.45) is -0.742. The molecule has 2 aliphatic heterocycles. The summed E-state index contributed by atoms with van der Waals surface area (Å²) in [5.74, 6) is -2.00. The highest BCUT2D eigenvalue weighted by Gasteiger charge is 2.50. The lowest BCUT2D eigenvalue weighted by Gasteiger charge is -2.58. The Labute approximate surface area is 184 Å². The largest absolute Gasteiger partial charge is 0.490 e. The van der Waals surface area contributed by atoms with Gasteiger partial charge in [-0.25, -0.2) is 4.79 Å². The van der Waals surface area contributed by atoms with Crippen LogP contribution in [0.3, 0.4) is 0 Å². The van der Waals surface area contributed by atoms with Gasteiger partial charge in [-0.2, -0.15) is 13.2 Å². The highest BCUT2D eigenvalue weighted by molar-refractivity contribution is 5.98. The Balaban J connectivity index is 0.000000360. The first-order chi connectivity index (χ1) is 15.0. The van der Waals surface area contributed by atoms with E-state index in [0.717, 1.165) is 49.1 Å². The molecule has 2 aromatic rings. The molecular formula is C22H28F3N3O4. The summed E-state index contributed by atoms with van der Waals surface area (Å²) in [7, 11) is 6.00. The number of halogens is 3. The summed E-state index contributed by atoms with van der Waals surface area (Å²) >= 11 is 0. The zero-order valence-electron chi connectivity index (χ0n) is 18.4. The number of methoxy groups -OCH3 is 1. The Morgan fingerprint density at radius 1 is 1.22 bits per heavy atom. The Hall–Kier alpha value is -2.59. The van der Waals surface area contributed by atoms with Crippen LogP contribution in [0.5, 0.6) is 0 Å². The Morgan fingerprint density at radius 2 is 1.88 bits per heavy atom.